The lowest BCUT2D eigenvalue weighted by atomic mass is 9.80. The lowest BCUT2D eigenvalue weighted by molar-refractivity contribution is 0.140. The molecule has 0 aliphatic rings. The summed E-state index contributed by atoms with van der Waals surface area (Å²) in [5, 5.41) is 2.50. The summed E-state index contributed by atoms with van der Waals surface area (Å²) in [5.41, 5.74) is 1.79. The monoisotopic (exact) mass is 650 g/mol. The zero-order chi connectivity index (χ0) is 31.0. The first-order chi connectivity index (χ1) is 20.2. The highest BCUT2D eigenvalue weighted by molar-refractivity contribution is 6.76. The third-order valence-electron chi connectivity index (χ3n) is 7.66. The van der Waals surface area contributed by atoms with E-state index in [1.165, 1.54) is 0 Å². The first-order valence-corrected chi connectivity index (χ1v) is 19.1. The Labute approximate surface area is 255 Å². The molecule has 0 amide bonds. The number of hydrogen-bond acceptors (Lipinski definition) is 10. The van der Waals surface area contributed by atoms with Crippen LogP contribution in [0.15, 0.2) is 72.8 Å². The Hall–Kier alpha value is -1.87. The highest BCUT2D eigenvalue weighted by Gasteiger charge is 2.45. The van der Waals surface area contributed by atoms with E-state index in [1.54, 1.807) is 64.0 Å². The van der Waals surface area contributed by atoms with Crippen LogP contribution < -0.4 is 15.6 Å². The minimum atomic E-state index is -3.03. The molecule has 0 atom stereocenters. The van der Waals surface area contributed by atoms with Crippen LogP contribution >= 0.6 is 0 Å². The molecule has 3 rings (SSSR count). The smallest absolute Gasteiger partial charge is 0.411 e. The second-order valence-corrected chi connectivity index (χ2v) is 18.3. The van der Waals surface area contributed by atoms with Crippen LogP contribution in [0, 0.1) is 0 Å². The van der Waals surface area contributed by atoms with E-state index in [9.17, 15) is 0 Å². The molecule has 14 heteroatoms. The van der Waals surface area contributed by atoms with E-state index in [2.05, 4.69) is 0 Å². The fourth-order valence-electron chi connectivity index (χ4n) is 5.39. The van der Waals surface area contributed by atoms with Gasteiger partial charge in [-0.1, -0.05) is 72.8 Å². The zero-order valence-corrected chi connectivity index (χ0v) is 31.0. The van der Waals surface area contributed by atoms with Crippen molar-refractivity contribution in [2.24, 2.45) is 0 Å². The minimum absolute atomic E-state index is 0.428. The molecule has 0 spiro atoms. The summed E-state index contributed by atoms with van der Waals surface area (Å²) >= 11 is 0. The van der Waals surface area contributed by atoms with Gasteiger partial charge in [0.05, 0.1) is 0 Å². The normalized spacial score (nSPS) is 13.1. The predicted molar refractivity (Wildman–Crippen MR) is 169 cm³/mol. The summed E-state index contributed by atoms with van der Waals surface area (Å²) < 4.78 is 57.9. The fraction of sp³-hybridized carbons (Fsp3) is 0.357. The summed E-state index contributed by atoms with van der Waals surface area (Å²) in [6, 6.07) is 23.9. The second-order valence-electron chi connectivity index (χ2n) is 9.12. The van der Waals surface area contributed by atoms with Crippen molar-refractivity contribution in [1.29, 1.82) is 0 Å². The van der Waals surface area contributed by atoms with Crippen LogP contribution in [0.25, 0.3) is 0 Å². The van der Waals surface area contributed by atoms with Gasteiger partial charge in [-0.05, 0) is 16.7 Å². The van der Waals surface area contributed by atoms with Crippen LogP contribution in [0.2, 0.25) is 0 Å². The Morgan fingerprint density at radius 2 is 0.571 bits per heavy atom. The average molecular weight is 651 g/mol. The van der Waals surface area contributed by atoms with Crippen molar-refractivity contribution in [3.8, 4) is 0 Å². The summed E-state index contributed by atoms with van der Waals surface area (Å²) in [7, 11) is 5.65. The molecule has 42 heavy (non-hydrogen) atoms. The second kappa shape index (κ2) is 14.7. The third kappa shape index (κ3) is 5.93. The topological polar surface area (TPSA) is 92.3 Å². The van der Waals surface area contributed by atoms with Crippen LogP contribution in [-0.2, 0) is 49.9 Å². The van der Waals surface area contributed by atoms with Gasteiger partial charge in [-0.3, -0.25) is 0 Å². The molecule has 0 radical (unpaired) electrons. The van der Waals surface area contributed by atoms with Crippen molar-refractivity contribution in [3.05, 3.63) is 89.5 Å². The molecule has 0 bridgehead atoms. The maximum Gasteiger partial charge on any atom is 0.536 e. The first-order valence-electron chi connectivity index (χ1n) is 13.1. The quantitative estimate of drug-likeness (QED) is 0.162. The van der Waals surface area contributed by atoms with Gasteiger partial charge >= 0.3 is 26.4 Å². The number of rotatable bonds is 16. The van der Waals surface area contributed by atoms with Crippen molar-refractivity contribution >= 4 is 52.5 Å². The molecule has 230 valence electrons. The fourth-order valence-corrected chi connectivity index (χ4v) is 11.4. The van der Waals surface area contributed by atoms with Crippen molar-refractivity contribution in [2.75, 3.05) is 64.0 Å². The largest absolute Gasteiger partial charge is 0.536 e. The van der Waals surface area contributed by atoms with E-state index in [0.717, 1.165) is 32.3 Å². The van der Waals surface area contributed by atoms with Gasteiger partial charge in [-0.25, -0.2) is 0 Å². The predicted octanol–water partition coefficient (Wildman–Crippen LogP) is 0.531. The van der Waals surface area contributed by atoms with Crippen LogP contribution in [0.4, 0.5) is 0 Å². The summed E-state index contributed by atoms with van der Waals surface area (Å²) in [5.74, 6) is 0. The average Bonchev–Trinajstić information content (AvgIpc) is 3.07. The van der Waals surface area contributed by atoms with E-state index in [-0.39, 0.29) is 0 Å². The maximum atomic E-state index is 6.60. The van der Waals surface area contributed by atoms with E-state index in [1.807, 2.05) is 72.8 Å². The molecule has 0 saturated heterocycles. The summed E-state index contributed by atoms with van der Waals surface area (Å²) in [6.07, 6.45) is 0. The van der Waals surface area contributed by atoms with E-state index in [0.29, 0.717) is 10.5 Å². The zero-order valence-electron chi connectivity index (χ0n) is 26.0. The molecule has 0 fully saturated rings. The Kier molecular flexibility index (Phi) is 12.1. The van der Waals surface area contributed by atoms with Crippen LogP contribution in [-0.4, -0.2) is 101 Å². The van der Waals surface area contributed by atoms with Gasteiger partial charge in [0.15, 0.2) is 0 Å². The van der Waals surface area contributed by atoms with E-state index in [4.69, 9.17) is 44.3 Å². The van der Waals surface area contributed by atoms with Crippen LogP contribution in [0.3, 0.4) is 0 Å². The molecule has 0 unspecified atom stereocenters. The molecule has 3 aromatic rings. The summed E-state index contributed by atoms with van der Waals surface area (Å²) in [4.78, 5) is 0. The highest BCUT2D eigenvalue weighted by atomic mass is 28.4. The van der Waals surface area contributed by atoms with Crippen molar-refractivity contribution < 1.29 is 44.3 Å². The SMILES string of the molecule is CO[Si](OC)(OC)c1ccc(C(O[SiH3])(c2ccc([Si](OC)(OC)OC)cc2)c2ccc([Si](OC)(OC)OC)cc2)cc1. The van der Waals surface area contributed by atoms with Crippen molar-refractivity contribution in [2.45, 2.75) is 5.60 Å². The van der Waals surface area contributed by atoms with Gasteiger partial charge in [-0.2, -0.15) is 0 Å². The Bertz CT molecular complexity index is 1070. The third-order valence-corrected chi connectivity index (χ3v) is 16.2. The van der Waals surface area contributed by atoms with Gasteiger partial charge in [-0.15, -0.1) is 0 Å². The molecular weight excluding hydrogens is 609 g/mol. The Morgan fingerprint density at radius 1 is 0.381 bits per heavy atom. The molecule has 0 aromatic heterocycles. The van der Waals surface area contributed by atoms with Crippen molar-refractivity contribution in [3.63, 3.8) is 0 Å². The van der Waals surface area contributed by atoms with Crippen LogP contribution in [0.1, 0.15) is 16.7 Å². The molecule has 0 N–H and O–H groups in total. The molecule has 0 saturated carbocycles. The van der Waals surface area contributed by atoms with Gasteiger partial charge in [0.25, 0.3) is 0 Å². The standard InChI is InChI=1S/C28H42O10Si4/c1-29-40(30-2,31-3)25-16-10-22(11-17-25)28(38-39,23-12-18-26(19-13-23)41(32-4,33-5)34-6)24-14-20-27(21-15-24)42(35-7,36-8)37-9/h10-21H,1-9,39H3. The lowest BCUT2D eigenvalue weighted by Crippen LogP contribution is -2.55. The highest BCUT2D eigenvalue weighted by Crippen LogP contribution is 2.39. The number of hydrogen-bond donors (Lipinski definition) is 0. The van der Waals surface area contributed by atoms with Gasteiger partial charge < -0.3 is 44.3 Å². The van der Waals surface area contributed by atoms with Gasteiger partial charge in [0, 0.05) is 79.5 Å². The van der Waals surface area contributed by atoms with Gasteiger partial charge in [0.1, 0.15) is 16.1 Å². The lowest BCUT2D eigenvalue weighted by Gasteiger charge is -2.36. The molecule has 0 aliphatic heterocycles. The molecular formula is C28H42O10Si4. The molecule has 0 aliphatic carbocycles. The van der Waals surface area contributed by atoms with E-state index >= 15 is 0 Å². The molecule has 0 heterocycles. The maximum absolute atomic E-state index is 6.60. The van der Waals surface area contributed by atoms with Crippen molar-refractivity contribution in [1.82, 2.24) is 0 Å². The number of benzene rings is 3. The molecule has 3 aromatic carbocycles. The van der Waals surface area contributed by atoms with Crippen LogP contribution in [0.5, 0.6) is 0 Å². The Balaban J connectivity index is 2.26. The summed E-state index contributed by atoms with van der Waals surface area (Å²) in [6.45, 7) is 0. The first kappa shape index (κ1) is 34.6. The van der Waals surface area contributed by atoms with Gasteiger partial charge in [0.2, 0.25) is 0 Å². The Morgan fingerprint density at radius 3 is 0.714 bits per heavy atom. The minimum Gasteiger partial charge on any atom is -0.411 e. The molecule has 10 nitrogen and oxygen atoms in total. The van der Waals surface area contributed by atoms with E-state index < -0.39 is 32.0 Å².